The fourth-order valence-corrected chi connectivity index (χ4v) is 4.87. The van der Waals surface area contributed by atoms with Crippen LogP contribution in [-0.2, 0) is 29.0 Å². The molecule has 3 rings (SSSR count). The first-order valence-electron chi connectivity index (χ1n) is 13.8. The van der Waals surface area contributed by atoms with E-state index in [1.807, 2.05) is 69.3 Å². The molecule has 0 saturated carbocycles. The molecule has 214 valence electrons. The van der Waals surface area contributed by atoms with Crippen molar-refractivity contribution in [3.05, 3.63) is 93.5 Å². The van der Waals surface area contributed by atoms with Crippen LogP contribution in [0.2, 0.25) is 10.0 Å². The van der Waals surface area contributed by atoms with E-state index in [9.17, 15) is 9.59 Å². The standard InChI is InChI=1S/C32H38Cl2N2O4/c1-4-18-35-32(38)28(19-23-10-8-7-9-11-23)36(22-25-14-15-26(33)21-27(25)34)31(37)17-13-24-12-16-29(39-5-2)30(20-24)40-6-3/h7-12,14-16,20-21,28H,4-6,13,17-19,22H2,1-3H3,(H,35,38)/t28-/m1/s1. The predicted octanol–water partition coefficient (Wildman–Crippen LogP) is 6.89. The SMILES string of the molecule is CCCNC(=O)[C@@H](Cc1ccccc1)N(Cc1ccc(Cl)cc1Cl)C(=O)CCc1ccc(OCC)c(OCC)c1. The van der Waals surface area contributed by atoms with Crippen molar-refractivity contribution in [3.8, 4) is 11.5 Å². The lowest BCUT2D eigenvalue weighted by Gasteiger charge is -2.32. The van der Waals surface area contributed by atoms with E-state index in [0.29, 0.717) is 54.1 Å². The van der Waals surface area contributed by atoms with Gasteiger partial charge in [0.25, 0.3) is 0 Å². The second-order valence-electron chi connectivity index (χ2n) is 9.40. The summed E-state index contributed by atoms with van der Waals surface area (Å²) in [6.07, 6.45) is 1.85. The van der Waals surface area contributed by atoms with Crippen molar-refractivity contribution in [2.45, 2.75) is 59.0 Å². The summed E-state index contributed by atoms with van der Waals surface area (Å²) in [5, 5.41) is 3.95. The Labute approximate surface area is 247 Å². The van der Waals surface area contributed by atoms with Crippen molar-refractivity contribution in [1.29, 1.82) is 0 Å². The lowest BCUT2D eigenvalue weighted by atomic mass is 10.0. The molecule has 3 aromatic carbocycles. The molecule has 2 amide bonds. The first-order chi connectivity index (χ1) is 19.4. The van der Waals surface area contributed by atoms with Gasteiger partial charge in [-0.3, -0.25) is 9.59 Å². The highest BCUT2D eigenvalue weighted by Gasteiger charge is 2.30. The maximum atomic E-state index is 13.9. The molecule has 0 unspecified atom stereocenters. The van der Waals surface area contributed by atoms with Gasteiger partial charge in [-0.2, -0.15) is 0 Å². The summed E-state index contributed by atoms with van der Waals surface area (Å²) in [6, 6.07) is 19.9. The molecule has 0 fully saturated rings. The van der Waals surface area contributed by atoms with Gasteiger partial charge in [0.1, 0.15) is 6.04 Å². The van der Waals surface area contributed by atoms with Gasteiger partial charge in [-0.05, 0) is 67.6 Å². The second-order valence-corrected chi connectivity index (χ2v) is 10.2. The van der Waals surface area contributed by atoms with E-state index < -0.39 is 6.04 Å². The first-order valence-corrected chi connectivity index (χ1v) is 14.5. The fraction of sp³-hybridized carbons (Fsp3) is 0.375. The Balaban J connectivity index is 1.91. The number of halogens is 2. The summed E-state index contributed by atoms with van der Waals surface area (Å²) in [6.45, 7) is 7.58. The minimum absolute atomic E-state index is 0.148. The number of nitrogens with zero attached hydrogens (tertiary/aromatic N) is 1. The van der Waals surface area contributed by atoms with Gasteiger partial charge in [0.05, 0.1) is 13.2 Å². The molecule has 0 aliphatic rings. The Kier molecular flexibility index (Phi) is 12.6. The van der Waals surface area contributed by atoms with Crippen LogP contribution < -0.4 is 14.8 Å². The second kappa shape index (κ2) is 16.1. The van der Waals surface area contributed by atoms with E-state index in [1.54, 1.807) is 23.1 Å². The molecule has 1 N–H and O–H groups in total. The molecule has 0 aliphatic heterocycles. The average molecular weight is 586 g/mol. The van der Waals surface area contributed by atoms with Gasteiger partial charge in [0.15, 0.2) is 11.5 Å². The molecule has 0 heterocycles. The van der Waals surface area contributed by atoms with Gasteiger partial charge in [0.2, 0.25) is 11.8 Å². The largest absolute Gasteiger partial charge is 0.490 e. The normalized spacial score (nSPS) is 11.5. The molecular weight excluding hydrogens is 547 g/mol. The Morgan fingerprint density at radius 3 is 2.27 bits per heavy atom. The highest BCUT2D eigenvalue weighted by atomic mass is 35.5. The average Bonchev–Trinajstić information content (AvgIpc) is 2.95. The van der Waals surface area contributed by atoms with E-state index in [2.05, 4.69) is 5.32 Å². The molecule has 0 bridgehead atoms. The molecule has 1 atom stereocenters. The quantitative estimate of drug-likeness (QED) is 0.211. The van der Waals surface area contributed by atoms with Crippen molar-refractivity contribution < 1.29 is 19.1 Å². The maximum absolute atomic E-state index is 13.9. The number of aryl methyl sites for hydroxylation is 1. The highest BCUT2D eigenvalue weighted by Crippen LogP contribution is 2.29. The van der Waals surface area contributed by atoms with Crippen molar-refractivity contribution in [2.24, 2.45) is 0 Å². The lowest BCUT2D eigenvalue weighted by Crippen LogP contribution is -2.50. The van der Waals surface area contributed by atoms with Crippen molar-refractivity contribution in [3.63, 3.8) is 0 Å². The van der Waals surface area contributed by atoms with Gasteiger partial charge in [0, 0.05) is 36.0 Å². The number of ether oxygens (including phenoxy) is 2. The number of nitrogens with one attached hydrogen (secondary N) is 1. The number of hydrogen-bond acceptors (Lipinski definition) is 4. The summed E-state index contributed by atoms with van der Waals surface area (Å²) in [5.41, 5.74) is 2.63. The zero-order chi connectivity index (χ0) is 28.9. The van der Waals surface area contributed by atoms with E-state index in [1.165, 1.54) is 0 Å². The Morgan fingerprint density at radius 1 is 0.875 bits per heavy atom. The van der Waals surface area contributed by atoms with Crippen LogP contribution in [0.25, 0.3) is 0 Å². The Hall–Kier alpha value is -3.22. The van der Waals surface area contributed by atoms with E-state index >= 15 is 0 Å². The van der Waals surface area contributed by atoms with Crippen LogP contribution in [0.1, 0.15) is 50.3 Å². The van der Waals surface area contributed by atoms with Crippen LogP contribution in [-0.4, -0.2) is 42.5 Å². The zero-order valence-electron chi connectivity index (χ0n) is 23.4. The van der Waals surface area contributed by atoms with Crippen molar-refractivity contribution in [2.75, 3.05) is 19.8 Å². The molecule has 40 heavy (non-hydrogen) atoms. The van der Waals surface area contributed by atoms with E-state index in [0.717, 1.165) is 23.1 Å². The predicted molar refractivity (Wildman–Crippen MR) is 161 cm³/mol. The van der Waals surface area contributed by atoms with Gasteiger partial charge >= 0.3 is 0 Å². The van der Waals surface area contributed by atoms with Crippen molar-refractivity contribution in [1.82, 2.24) is 10.2 Å². The summed E-state index contributed by atoms with van der Waals surface area (Å²) in [4.78, 5) is 29.0. The molecule has 8 heteroatoms. The van der Waals surface area contributed by atoms with Crippen LogP contribution >= 0.6 is 23.2 Å². The van der Waals surface area contributed by atoms with E-state index in [4.69, 9.17) is 32.7 Å². The molecule has 0 radical (unpaired) electrons. The molecule has 3 aromatic rings. The maximum Gasteiger partial charge on any atom is 0.243 e. The summed E-state index contributed by atoms with van der Waals surface area (Å²) < 4.78 is 11.4. The van der Waals surface area contributed by atoms with Gasteiger partial charge < -0.3 is 19.7 Å². The number of benzene rings is 3. The molecule has 0 aliphatic carbocycles. The summed E-state index contributed by atoms with van der Waals surface area (Å²) >= 11 is 12.6. The Bertz CT molecular complexity index is 1250. The third kappa shape index (κ3) is 9.17. The summed E-state index contributed by atoms with van der Waals surface area (Å²) in [7, 11) is 0. The highest BCUT2D eigenvalue weighted by molar-refractivity contribution is 6.35. The summed E-state index contributed by atoms with van der Waals surface area (Å²) in [5.74, 6) is 0.989. The third-order valence-corrected chi connectivity index (χ3v) is 7.00. The van der Waals surface area contributed by atoms with Crippen LogP contribution in [0.4, 0.5) is 0 Å². The van der Waals surface area contributed by atoms with Crippen LogP contribution in [0.3, 0.4) is 0 Å². The van der Waals surface area contributed by atoms with Crippen LogP contribution in [0.15, 0.2) is 66.7 Å². The van der Waals surface area contributed by atoms with E-state index in [-0.39, 0.29) is 24.8 Å². The minimum Gasteiger partial charge on any atom is -0.490 e. The number of carbonyl (C=O) groups is 2. The molecule has 0 aromatic heterocycles. The zero-order valence-corrected chi connectivity index (χ0v) is 24.9. The molecule has 0 saturated heterocycles. The van der Waals surface area contributed by atoms with Gasteiger partial charge in [-0.25, -0.2) is 0 Å². The van der Waals surface area contributed by atoms with Crippen LogP contribution in [0.5, 0.6) is 11.5 Å². The monoisotopic (exact) mass is 584 g/mol. The third-order valence-electron chi connectivity index (χ3n) is 6.41. The minimum atomic E-state index is -0.715. The topological polar surface area (TPSA) is 67.9 Å². The van der Waals surface area contributed by atoms with Crippen LogP contribution in [0, 0.1) is 0 Å². The number of amides is 2. The smallest absolute Gasteiger partial charge is 0.243 e. The van der Waals surface area contributed by atoms with Crippen molar-refractivity contribution >= 4 is 35.0 Å². The first kappa shape index (κ1) is 31.3. The molecule has 6 nitrogen and oxygen atoms in total. The Morgan fingerprint density at radius 2 is 1.60 bits per heavy atom. The fourth-order valence-electron chi connectivity index (χ4n) is 4.40. The lowest BCUT2D eigenvalue weighted by molar-refractivity contribution is -0.141. The molecular formula is C32H38Cl2N2O4. The van der Waals surface area contributed by atoms with Gasteiger partial charge in [-0.1, -0.05) is 72.6 Å². The number of hydrogen-bond donors (Lipinski definition) is 1. The molecule has 0 spiro atoms. The number of rotatable bonds is 15. The van der Waals surface area contributed by atoms with Gasteiger partial charge in [-0.15, -0.1) is 0 Å². The number of carbonyl (C=O) groups excluding carboxylic acids is 2.